The maximum absolute atomic E-state index is 12.3. The van der Waals surface area contributed by atoms with Crippen LogP contribution in [0.15, 0.2) is 11.8 Å². The van der Waals surface area contributed by atoms with Crippen LogP contribution in [0.5, 0.6) is 0 Å². The molecule has 1 saturated carbocycles. The SMILES string of the molecule is COC(=O)C1=CON(C)C12C(C)(C)C(=O)C2(C)C. The number of hydrogen-bond donors (Lipinski definition) is 0. The molecule has 1 aliphatic heterocycles. The molecule has 0 radical (unpaired) electrons. The number of ketones is 1. The van der Waals surface area contributed by atoms with Crippen LogP contribution >= 0.6 is 0 Å². The Morgan fingerprint density at radius 2 is 1.78 bits per heavy atom. The number of esters is 1. The van der Waals surface area contributed by atoms with Crippen molar-refractivity contribution in [3.05, 3.63) is 11.8 Å². The van der Waals surface area contributed by atoms with Crippen LogP contribution in [-0.4, -0.2) is 36.5 Å². The van der Waals surface area contributed by atoms with Gasteiger partial charge in [0, 0.05) is 7.05 Å². The second-order valence-corrected chi connectivity index (χ2v) is 5.92. The first kappa shape index (κ1) is 13.1. The Kier molecular flexibility index (Phi) is 2.43. The van der Waals surface area contributed by atoms with E-state index >= 15 is 0 Å². The Bertz CT molecular complexity index is 444. The molecule has 0 N–H and O–H groups in total. The molecule has 5 heteroatoms. The predicted molar refractivity (Wildman–Crippen MR) is 64.2 cm³/mol. The second-order valence-electron chi connectivity index (χ2n) is 5.92. The molecule has 0 unspecified atom stereocenters. The summed E-state index contributed by atoms with van der Waals surface area (Å²) >= 11 is 0. The molecule has 0 saturated heterocycles. The number of likely N-dealkylation sites (N-methyl/N-ethyl adjacent to an activating group) is 1. The summed E-state index contributed by atoms with van der Waals surface area (Å²) in [5, 5.41) is 1.60. The number of rotatable bonds is 1. The van der Waals surface area contributed by atoms with Gasteiger partial charge in [-0.05, 0) is 0 Å². The van der Waals surface area contributed by atoms with E-state index in [1.807, 2.05) is 27.7 Å². The summed E-state index contributed by atoms with van der Waals surface area (Å²) in [5.74, 6) is -0.338. The van der Waals surface area contributed by atoms with Gasteiger partial charge in [-0.3, -0.25) is 4.79 Å². The minimum atomic E-state index is -0.774. The zero-order valence-corrected chi connectivity index (χ0v) is 11.7. The van der Waals surface area contributed by atoms with Crippen molar-refractivity contribution in [2.75, 3.05) is 14.2 Å². The average molecular weight is 253 g/mol. The molecule has 0 aromatic heterocycles. The van der Waals surface area contributed by atoms with Gasteiger partial charge in [-0.1, -0.05) is 27.7 Å². The van der Waals surface area contributed by atoms with E-state index < -0.39 is 22.3 Å². The van der Waals surface area contributed by atoms with Crippen molar-refractivity contribution in [3.63, 3.8) is 0 Å². The van der Waals surface area contributed by atoms with E-state index in [1.54, 1.807) is 12.1 Å². The standard InChI is InChI=1S/C13H19NO4/c1-11(2)10(16)12(3,4)13(11)8(9(15)17-6)7-18-14(13)5/h7H,1-6H3. The number of carbonyl (C=O) groups excluding carboxylic acids is 2. The van der Waals surface area contributed by atoms with Gasteiger partial charge >= 0.3 is 5.97 Å². The number of hydroxylamine groups is 2. The van der Waals surface area contributed by atoms with Crippen LogP contribution < -0.4 is 0 Å². The van der Waals surface area contributed by atoms with E-state index in [2.05, 4.69) is 0 Å². The summed E-state index contributed by atoms with van der Waals surface area (Å²) in [6, 6.07) is 0. The monoisotopic (exact) mass is 253 g/mol. The molecule has 5 nitrogen and oxygen atoms in total. The van der Waals surface area contributed by atoms with Crippen LogP contribution in [0.2, 0.25) is 0 Å². The minimum absolute atomic E-state index is 0.113. The first-order chi connectivity index (χ1) is 8.15. The molecule has 100 valence electrons. The molecule has 0 bridgehead atoms. The Labute approximate surface area is 107 Å². The van der Waals surface area contributed by atoms with Crippen LogP contribution in [0.1, 0.15) is 27.7 Å². The third-order valence-electron chi connectivity index (χ3n) is 4.54. The van der Waals surface area contributed by atoms with Crippen molar-refractivity contribution >= 4 is 11.8 Å². The van der Waals surface area contributed by atoms with Crippen LogP contribution in [-0.2, 0) is 19.2 Å². The topological polar surface area (TPSA) is 55.8 Å². The molecular weight excluding hydrogens is 234 g/mol. The van der Waals surface area contributed by atoms with E-state index in [0.717, 1.165) is 0 Å². The summed E-state index contributed by atoms with van der Waals surface area (Å²) in [6.07, 6.45) is 1.39. The molecule has 1 aliphatic carbocycles. The highest BCUT2D eigenvalue weighted by Crippen LogP contribution is 2.66. The smallest absolute Gasteiger partial charge is 0.339 e. The molecule has 1 spiro atoms. The first-order valence-corrected chi connectivity index (χ1v) is 5.90. The lowest BCUT2D eigenvalue weighted by Gasteiger charge is -2.65. The molecule has 0 aromatic carbocycles. The van der Waals surface area contributed by atoms with E-state index in [-0.39, 0.29) is 5.78 Å². The zero-order valence-electron chi connectivity index (χ0n) is 11.7. The maximum Gasteiger partial charge on any atom is 0.339 e. The molecule has 1 fully saturated rings. The highest BCUT2D eigenvalue weighted by atomic mass is 16.7. The Hall–Kier alpha value is -1.36. The number of carbonyl (C=O) groups is 2. The van der Waals surface area contributed by atoms with Crippen LogP contribution in [0.3, 0.4) is 0 Å². The zero-order chi connectivity index (χ0) is 13.9. The molecule has 0 atom stereocenters. The molecule has 0 aromatic rings. The molecular formula is C13H19NO4. The first-order valence-electron chi connectivity index (χ1n) is 5.90. The van der Waals surface area contributed by atoms with Gasteiger partial charge < -0.3 is 9.57 Å². The average Bonchev–Trinajstić information content (AvgIpc) is 2.67. The quantitative estimate of drug-likeness (QED) is 0.659. The Balaban J connectivity index is 2.62. The number of Topliss-reactive ketones (excluding diaryl/α,β-unsaturated/α-hetero) is 1. The number of methoxy groups -OCH3 is 1. The summed E-state index contributed by atoms with van der Waals surface area (Å²) in [4.78, 5) is 29.6. The van der Waals surface area contributed by atoms with Gasteiger partial charge in [0.15, 0.2) is 0 Å². The van der Waals surface area contributed by atoms with Crippen molar-refractivity contribution in [2.45, 2.75) is 33.2 Å². The summed E-state index contributed by atoms with van der Waals surface area (Å²) in [7, 11) is 3.07. The van der Waals surface area contributed by atoms with Gasteiger partial charge in [-0.25, -0.2) is 4.79 Å². The van der Waals surface area contributed by atoms with Crippen molar-refractivity contribution < 1.29 is 19.2 Å². The highest BCUT2D eigenvalue weighted by molar-refractivity contribution is 6.06. The van der Waals surface area contributed by atoms with E-state index in [1.165, 1.54) is 13.4 Å². The van der Waals surface area contributed by atoms with E-state index in [4.69, 9.17) is 9.57 Å². The van der Waals surface area contributed by atoms with Gasteiger partial charge in [0.05, 0.1) is 23.5 Å². The molecule has 2 aliphatic rings. The molecule has 0 amide bonds. The minimum Gasteiger partial charge on any atom is -0.466 e. The highest BCUT2D eigenvalue weighted by Gasteiger charge is 2.79. The Morgan fingerprint density at radius 1 is 1.28 bits per heavy atom. The van der Waals surface area contributed by atoms with Crippen molar-refractivity contribution in [1.82, 2.24) is 5.06 Å². The number of ether oxygens (including phenoxy) is 1. The van der Waals surface area contributed by atoms with Crippen LogP contribution in [0, 0.1) is 10.8 Å². The number of hydrogen-bond acceptors (Lipinski definition) is 5. The normalized spacial score (nSPS) is 27.4. The predicted octanol–water partition coefficient (Wildman–Crippen LogP) is 1.29. The molecule has 1 heterocycles. The summed E-state index contributed by atoms with van der Waals surface area (Å²) < 4.78 is 4.81. The fourth-order valence-corrected chi connectivity index (χ4v) is 4.06. The fourth-order valence-electron chi connectivity index (χ4n) is 4.06. The van der Waals surface area contributed by atoms with Crippen LogP contribution in [0.25, 0.3) is 0 Å². The number of nitrogens with zero attached hydrogens (tertiary/aromatic N) is 1. The van der Waals surface area contributed by atoms with E-state index in [9.17, 15) is 9.59 Å². The van der Waals surface area contributed by atoms with Crippen molar-refractivity contribution in [3.8, 4) is 0 Å². The lowest BCUT2D eigenvalue weighted by atomic mass is 9.40. The van der Waals surface area contributed by atoms with Gasteiger partial charge in [0.25, 0.3) is 0 Å². The molecule has 18 heavy (non-hydrogen) atoms. The van der Waals surface area contributed by atoms with Crippen LogP contribution in [0.4, 0.5) is 0 Å². The van der Waals surface area contributed by atoms with Gasteiger partial charge in [0.2, 0.25) is 0 Å². The third kappa shape index (κ3) is 1.02. The van der Waals surface area contributed by atoms with Gasteiger partial charge in [-0.15, -0.1) is 5.06 Å². The van der Waals surface area contributed by atoms with Gasteiger partial charge in [-0.2, -0.15) is 0 Å². The third-order valence-corrected chi connectivity index (χ3v) is 4.54. The lowest BCUT2D eigenvalue weighted by molar-refractivity contribution is -0.239. The van der Waals surface area contributed by atoms with Gasteiger partial charge in [0.1, 0.15) is 17.6 Å². The van der Waals surface area contributed by atoms with E-state index in [0.29, 0.717) is 5.57 Å². The fraction of sp³-hybridized carbons (Fsp3) is 0.692. The summed E-state index contributed by atoms with van der Waals surface area (Å²) in [6.45, 7) is 7.34. The van der Waals surface area contributed by atoms with Crippen molar-refractivity contribution in [2.24, 2.45) is 10.8 Å². The Morgan fingerprint density at radius 3 is 2.22 bits per heavy atom. The lowest BCUT2D eigenvalue weighted by Crippen LogP contribution is -2.79. The maximum atomic E-state index is 12.3. The van der Waals surface area contributed by atoms with Crippen molar-refractivity contribution in [1.29, 1.82) is 0 Å². The largest absolute Gasteiger partial charge is 0.466 e. The summed E-state index contributed by atoms with van der Waals surface area (Å²) in [5.41, 5.74) is -1.75. The molecule has 2 rings (SSSR count). The second kappa shape index (κ2) is 3.35.